The van der Waals surface area contributed by atoms with Crippen molar-refractivity contribution in [3.05, 3.63) is 34.1 Å². The molecule has 0 aliphatic carbocycles. The van der Waals surface area contributed by atoms with Crippen LogP contribution in [0.5, 0.6) is 6.01 Å². The molecule has 0 unspecified atom stereocenters. The van der Waals surface area contributed by atoms with Gasteiger partial charge in [-0.2, -0.15) is 15.2 Å². The Labute approximate surface area is 162 Å². The van der Waals surface area contributed by atoms with Crippen molar-refractivity contribution in [1.29, 1.82) is 5.26 Å². The van der Waals surface area contributed by atoms with Gasteiger partial charge in [0, 0.05) is 13.1 Å². The van der Waals surface area contributed by atoms with E-state index >= 15 is 0 Å². The summed E-state index contributed by atoms with van der Waals surface area (Å²) < 4.78 is 7.34. The van der Waals surface area contributed by atoms with Crippen LogP contribution in [0.25, 0.3) is 11.0 Å². The minimum absolute atomic E-state index is 0.322. The van der Waals surface area contributed by atoms with Crippen LogP contribution in [0.4, 0.5) is 11.6 Å². The zero-order valence-electron chi connectivity index (χ0n) is 15.5. The number of aromatic nitrogens is 4. The number of hydrogen-bond acceptors (Lipinski definition) is 6. The molecule has 7 nitrogen and oxygen atoms in total. The summed E-state index contributed by atoms with van der Waals surface area (Å²) in [6.07, 6.45) is 1.27. The quantitative estimate of drug-likeness (QED) is 0.686. The van der Waals surface area contributed by atoms with Gasteiger partial charge < -0.3 is 14.2 Å². The summed E-state index contributed by atoms with van der Waals surface area (Å²) in [6.45, 7) is 5.53. The van der Waals surface area contributed by atoms with Crippen LogP contribution < -0.4 is 9.64 Å². The average molecular weight is 383 g/mol. The lowest BCUT2D eigenvalue weighted by Crippen LogP contribution is -2.30. The van der Waals surface area contributed by atoms with Gasteiger partial charge in [-0.15, -0.1) is 0 Å². The zero-order valence-corrected chi connectivity index (χ0v) is 16.2. The number of methoxy groups -OCH3 is 1. The summed E-state index contributed by atoms with van der Waals surface area (Å²) in [5.41, 5.74) is 5.22. The number of fused-ring (bicyclic) bond motifs is 3. The van der Waals surface area contributed by atoms with E-state index in [2.05, 4.69) is 25.5 Å². The molecule has 0 spiro atoms. The Morgan fingerprint density at radius 3 is 2.59 bits per heavy atom. The van der Waals surface area contributed by atoms with E-state index in [1.54, 1.807) is 7.11 Å². The van der Waals surface area contributed by atoms with Crippen LogP contribution in [-0.2, 0) is 13.0 Å². The van der Waals surface area contributed by atoms with Crippen molar-refractivity contribution in [2.75, 3.05) is 18.6 Å². The maximum absolute atomic E-state index is 9.19. The largest absolute Gasteiger partial charge is 0.467 e. The smallest absolute Gasteiger partial charge is 0.316 e. The van der Waals surface area contributed by atoms with Gasteiger partial charge in [-0.1, -0.05) is 17.7 Å². The molecule has 0 saturated carbocycles. The number of imidazole rings is 1. The minimum Gasteiger partial charge on any atom is -0.467 e. The summed E-state index contributed by atoms with van der Waals surface area (Å²) in [5, 5.41) is 9.78. The molecule has 3 aromatic rings. The normalized spacial score (nSPS) is 13.5. The van der Waals surface area contributed by atoms with Crippen LogP contribution in [0.2, 0.25) is 5.02 Å². The summed E-state index contributed by atoms with van der Waals surface area (Å²) >= 11 is 6.43. The molecule has 0 bridgehead atoms. The Kier molecular flexibility index (Phi) is 4.36. The van der Waals surface area contributed by atoms with Crippen LogP contribution in [0.1, 0.15) is 23.4 Å². The third kappa shape index (κ3) is 2.77. The molecule has 27 heavy (non-hydrogen) atoms. The second-order valence-corrected chi connectivity index (χ2v) is 6.94. The van der Waals surface area contributed by atoms with Gasteiger partial charge in [-0.05, 0) is 31.9 Å². The van der Waals surface area contributed by atoms with Gasteiger partial charge in [-0.3, -0.25) is 0 Å². The molecule has 1 aromatic carbocycles. The highest BCUT2D eigenvalue weighted by molar-refractivity contribution is 6.35. The van der Waals surface area contributed by atoms with Gasteiger partial charge in [0.15, 0.2) is 0 Å². The zero-order chi connectivity index (χ0) is 19.1. The van der Waals surface area contributed by atoms with Crippen LogP contribution in [0.15, 0.2) is 12.1 Å². The molecule has 4 rings (SSSR count). The van der Waals surface area contributed by atoms with Gasteiger partial charge in [0.25, 0.3) is 0 Å². The maximum Gasteiger partial charge on any atom is 0.316 e. The first kappa shape index (κ1) is 17.6. The first-order valence-electron chi connectivity index (χ1n) is 8.76. The lowest BCUT2D eigenvalue weighted by Gasteiger charge is -2.31. The molecule has 0 N–H and O–H groups in total. The number of hydrogen-bond donors (Lipinski definition) is 0. The van der Waals surface area contributed by atoms with E-state index in [9.17, 15) is 5.26 Å². The SMILES string of the molecule is COc1nc(C)c(N2CCCn3c2nc2c(Cl)ccc(CC#N)c23)c(C)n1. The number of anilines is 2. The van der Waals surface area contributed by atoms with Gasteiger partial charge in [0.1, 0.15) is 5.52 Å². The predicted molar refractivity (Wildman–Crippen MR) is 104 cm³/mol. The van der Waals surface area contributed by atoms with Crippen molar-refractivity contribution in [2.45, 2.75) is 33.2 Å². The highest BCUT2D eigenvalue weighted by atomic mass is 35.5. The third-order valence-corrected chi connectivity index (χ3v) is 5.15. The average Bonchev–Trinajstić information content (AvgIpc) is 3.05. The molecule has 8 heteroatoms. The minimum atomic E-state index is 0.322. The van der Waals surface area contributed by atoms with E-state index in [4.69, 9.17) is 21.3 Å². The van der Waals surface area contributed by atoms with Crippen LogP contribution in [0, 0.1) is 25.2 Å². The third-order valence-electron chi connectivity index (χ3n) is 4.85. The lowest BCUT2D eigenvalue weighted by molar-refractivity contribution is 0.377. The predicted octanol–water partition coefficient (Wildman–Crippen LogP) is 3.71. The lowest BCUT2D eigenvalue weighted by atomic mass is 10.1. The summed E-state index contributed by atoms with van der Waals surface area (Å²) in [6, 6.07) is 6.32. The van der Waals surface area contributed by atoms with Crippen molar-refractivity contribution in [2.24, 2.45) is 0 Å². The Bertz CT molecular complexity index is 1060. The fraction of sp³-hybridized carbons (Fsp3) is 0.368. The number of ether oxygens (including phenoxy) is 1. The van der Waals surface area contributed by atoms with Crippen molar-refractivity contribution >= 4 is 34.3 Å². The monoisotopic (exact) mass is 382 g/mol. The molecule has 0 amide bonds. The molecule has 138 valence electrons. The summed E-state index contributed by atoms with van der Waals surface area (Å²) in [7, 11) is 1.56. The van der Waals surface area contributed by atoms with Crippen molar-refractivity contribution in [3.63, 3.8) is 0 Å². The maximum atomic E-state index is 9.19. The van der Waals surface area contributed by atoms with E-state index in [0.29, 0.717) is 17.5 Å². The van der Waals surface area contributed by atoms with Crippen LogP contribution in [0.3, 0.4) is 0 Å². The summed E-state index contributed by atoms with van der Waals surface area (Å²) in [4.78, 5) is 15.9. The number of rotatable bonds is 3. The van der Waals surface area contributed by atoms with Gasteiger partial charge in [-0.25, -0.2) is 4.98 Å². The molecule has 2 aromatic heterocycles. The molecule has 3 heterocycles. The van der Waals surface area contributed by atoms with E-state index < -0.39 is 0 Å². The van der Waals surface area contributed by atoms with E-state index in [-0.39, 0.29) is 0 Å². The number of nitriles is 1. The Morgan fingerprint density at radius 1 is 1.19 bits per heavy atom. The van der Waals surface area contributed by atoms with E-state index in [0.717, 1.165) is 59.1 Å². The van der Waals surface area contributed by atoms with Crippen molar-refractivity contribution in [1.82, 2.24) is 19.5 Å². The fourth-order valence-electron chi connectivity index (χ4n) is 3.77. The van der Waals surface area contributed by atoms with Crippen molar-refractivity contribution in [3.8, 4) is 12.1 Å². The molecule has 0 fully saturated rings. The fourth-order valence-corrected chi connectivity index (χ4v) is 3.97. The van der Waals surface area contributed by atoms with Crippen LogP contribution >= 0.6 is 11.6 Å². The number of halogens is 1. The van der Waals surface area contributed by atoms with Crippen LogP contribution in [-0.4, -0.2) is 33.2 Å². The highest BCUT2D eigenvalue weighted by Crippen LogP contribution is 2.38. The van der Waals surface area contributed by atoms with E-state index in [1.165, 1.54) is 0 Å². The highest BCUT2D eigenvalue weighted by Gasteiger charge is 2.28. The first-order chi connectivity index (χ1) is 13.0. The molecular formula is C19H19ClN6O. The molecular weight excluding hydrogens is 364 g/mol. The number of aryl methyl sites for hydroxylation is 3. The second kappa shape index (κ2) is 6.71. The second-order valence-electron chi connectivity index (χ2n) is 6.54. The first-order valence-corrected chi connectivity index (χ1v) is 9.14. The molecule has 0 atom stereocenters. The standard InChI is InChI=1S/C19H19ClN6O/c1-11-16(12(2)23-18(22-11)27-3)25-9-4-10-26-17-13(7-8-21)5-6-14(20)15(17)24-19(25)26/h5-6H,4,7,9-10H2,1-3H3. The topological polar surface area (TPSA) is 79.9 Å². The van der Waals surface area contributed by atoms with E-state index in [1.807, 2.05) is 26.0 Å². The Morgan fingerprint density at radius 2 is 1.93 bits per heavy atom. The van der Waals surface area contributed by atoms with Crippen molar-refractivity contribution < 1.29 is 4.74 Å². The van der Waals surface area contributed by atoms with Gasteiger partial charge in [0.05, 0.1) is 47.2 Å². The molecule has 1 aliphatic rings. The summed E-state index contributed by atoms with van der Waals surface area (Å²) in [5.74, 6) is 0.809. The molecule has 0 saturated heterocycles. The molecule has 1 aliphatic heterocycles. The number of benzene rings is 1. The molecule has 0 radical (unpaired) electrons. The number of nitrogens with zero attached hydrogens (tertiary/aromatic N) is 6. The Hall–Kier alpha value is -2.85. The van der Waals surface area contributed by atoms with Gasteiger partial charge in [0.2, 0.25) is 5.95 Å². The Balaban J connectivity index is 1.94. The van der Waals surface area contributed by atoms with Gasteiger partial charge >= 0.3 is 6.01 Å².